The van der Waals surface area contributed by atoms with Crippen LogP contribution in [0.5, 0.6) is 5.75 Å². The van der Waals surface area contributed by atoms with Gasteiger partial charge in [-0.25, -0.2) is 0 Å². The summed E-state index contributed by atoms with van der Waals surface area (Å²) in [5.41, 5.74) is 3.43. The first-order chi connectivity index (χ1) is 7.74. The Morgan fingerprint density at radius 1 is 1.06 bits per heavy atom. The molecule has 0 unspecified atom stereocenters. The van der Waals surface area contributed by atoms with Crippen molar-refractivity contribution in [2.24, 2.45) is 0 Å². The molecule has 0 amide bonds. The SMILES string of the molecule is Cc1ccc(CNc2cccc(O)c2)cc1. The smallest absolute Gasteiger partial charge is 0.117 e. The van der Waals surface area contributed by atoms with E-state index in [-0.39, 0.29) is 5.75 Å². The molecule has 0 aliphatic carbocycles. The largest absolute Gasteiger partial charge is 0.508 e. The van der Waals surface area contributed by atoms with Crippen molar-refractivity contribution in [1.82, 2.24) is 0 Å². The van der Waals surface area contributed by atoms with Crippen LogP contribution in [0, 0.1) is 6.92 Å². The highest BCUT2D eigenvalue weighted by Crippen LogP contribution is 2.16. The van der Waals surface area contributed by atoms with Gasteiger partial charge in [0.25, 0.3) is 0 Å². The van der Waals surface area contributed by atoms with E-state index in [4.69, 9.17) is 0 Å². The number of hydrogen-bond donors (Lipinski definition) is 2. The topological polar surface area (TPSA) is 32.3 Å². The van der Waals surface area contributed by atoms with Gasteiger partial charge in [-0.2, -0.15) is 0 Å². The molecule has 82 valence electrons. The van der Waals surface area contributed by atoms with Gasteiger partial charge in [0.1, 0.15) is 5.75 Å². The Kier molecular flexibility index (Phi) is 3.10. The number of phenols is 1. The maximum atomic E-state index is 9.31. The van der Waals surface area contributed by atoms with Crippen LogP contribution < -0.4 is 5.32 Å². The fraction of sp³-hybridized carbons (Fsp3) is 0.143. The summed E-state index contributed by atoms with van der Waals surface area (Å²) in [7, 11) is 0. The molecule has 0 spiro atoms. The summed E-state index contributed by atoms with van der Waals surface area (Å²) in [6.07, 6.45) is 0. The Morgan fingerprint density at radius 2 is 1.81 bits per heavy atom. The Hall–Kier alpha value is -1.96. The molecular formula is C14H15NO. The van der Waals surface area contributed by atoms with Crippen molar-refractivity contribution in [3.05, 3.63) is 59.7 Å². The molecule has 0 heterocycles. The maximum Gasteiger partial charge on any atom is 0.117 e. The minimum absolute atomic E-state index is 0.286. The van der Waals surface area contributed by atoms with Crippen LogP contribution in [-0.4, -0.2) is 5.11 Å². The number of anilines is 1. The molecule has 0 aromatic heterocycles. The van der Waals surface area contributed by atoms with Gasteiger partial charge in [0.15, 0.2) is 0 Å². The number of aromatic hydroxyl groups is 1. The molecular weight excluding hydrogens is 198 g/mol. The zero-order valence-corrected chi connectivity index (χ0v) is 9.27. The van der Waals surface area contributed by atoms with E-state index >= 15 is 0 Å². The third kappa shape index (κ3) is 2.76. The lowest BCUT2D eigenvalue weighted by atomic mass is 10.1. The van der Waals surface area contributed by atoms with E-state index in [1.54, 1.807) is 12.1 Å². The Bertz CT molecular complexity index is 462. The van der Waals surface area contributed by atoms with Crippen molar-refractivity contribution in [1.29, 1.82) is 0 Å². The van der Waals surface area contributed by atoms with Crippen molar-refractivity contribution in [3.8, 4) is 5.75 Å². The van der Waals surface area contributed by atoms with Gasteiger partial charge in [-0.3, -0.25) is 0 Å². The first-order valence-corrected chi connectivity index (χ1v) is 5.32. The molecule has 2 aromatic carbocycles. The molecule has 2 nitrogen and oxygen atoms in total. The summed E-state index contributed by atoms with van der Waals surface area (Å²) in [6, 6.07) is 15.5. The molecule has 0 saturated heterocycles. The molecule has 0 bridgehead atoms. The number of benzene rings is 2. The summed E-state index contributed by atoms with van der Waals surface area (Å²) < 4.78 is 0. The lowest BCUT2D eigenvalue weighted by molar-refractivity contribution is 0.475. The molecule has 16 heavy (non-hydrogen) atoms. The van der Waals surface area contributed by atoms with Crippen LogP contribution in [0.1, 0.15) is 11.1 Å². The van der Waals surface area contributed by atoms with Gasteiger partial charge in [0, 0.05) is 18.3 Å². The molecule has 0 fully saturated rings. The zero-order chi connectivity index (χ0) is 11.4. The molecule has 2 aromatic rings. The number of nitrogens with one attached hydrogen (secondary N) is 1. The monoisotopic (exact) mass is 213 g/mol. The number of phenolic OH excluding ortho intramolecular Hbond substituents is 1. The van der Waals surface area contributed by atoms with Gasteiger partial charge in [-0.05, 0) is 24.6 Å². The predicted octanol–water partition coefficient (Wildman–Crippen LogP) is 3.31. The molecule has 0 saturated carbocycles. The summed E-state index contributed by atoms with van der Waals surface area (Å²) in [5, 5.41) is 12.6. The normalized spacial score (nSPS) is 10.1. The van der Waals surface area contributed by atoms with Crippen molar-refractivity contribution in [2.75, 3.05) is 5.32 Å². The van der Waals surface area contributed by atoms with Crippen LogP contribution in [0.4, 0.5) is 5.69 Å². The minimum Gasteiger partial charge on any atom is -0.508 e. The molecule has 2 N–H and O–H groups in total. The molecule has 0 aliphatic heterocycles. The predicted molar refractivity (Wildman–Crippen MR) is 66.6 cm³/mol. The Labute approximate surface area is 95.6 Å². The van der Waals surface area contributed by atoms with Crippen LogP contribution in [0.3, 0.4) is 0 Å². The summed E-state index contributed by atoms with van der Waals surface area (Å²) in [4.78, 5) is 0. The summed E-state index contributed by atoms with van der Waals surface area (Å²) >= 11 is 0. The quantitative estimate of drug-likeness (QED) is 0.819. The Morgan fingerprint density at radius 3 is 2.50 bits per heavy atom. The third-order valence-corrected chi connectivity index (χ3v) is 2.46. The van der Waals surface area contributed by atoms with E-state index in [0.29, 0.717) is 0 Å². The standard InChI is InChI=1S/C14H15NO/c1-11-5-7-12(8-6-11)10-15-13-3-2-4-14(16)9-13/h2-9,15-16H,10H2,1H3. The summed E-state index contributed by atoms with van der Waals surface area (Å²) in [5.74, 6) is 0.286. The van der Waals surface area contributed by atoms with Crippen LogP contribution >= 0.6 is 0 Å². The maximum absolute atomic E-state index is 9.31. The van der Waals surface area contributed by atoms with Crippen molar-refractivity contribution in [2.45, 2.75) is 13.5 Å². The van der Waals surface area contributed by atoms with E-state index in [2.05, 4.69) is 36.5 Å². The fourth-order valence-electron chi connectivity index (χ4n) is 1.53. The highest BCUT2D eigenvalue weighted by atomic mass is 16.3. The van der Waals surface area contributed by atoms with Crippen LogP contribution in [0.15, 0.2) is 48.5 Å². The van der Waals surface area contributed by atoms with E-state index in [1.165, 1.54) is 11.1 Å². The highest BCUT2D eigenvalue weighted by Gasteiger charge is 1.95. The van der Waals surface area contributed by atoms with Gasteiger partial charge in [0.05, 0.1) is 0 Å². The molecule has 0 aliphatic rings. The highest BCUT2D eigenvalue weighted by molar-refractivity contribution is 5.48. The zero-order valence-electron chi connectivity index (χ0n) is 9.27. The fourth-order valence-corrected chi connectivity index (χ4v) is 1.53. The molecule has 2 heteroatoms. The van der Waals surface area contributed by atoms with Crippen LogP contribution in [-0.2, 0) is 6.54 Å². The third-order valence-electron chi connectivity index (χ3n) is 2.46. The van der Waals surface area contributed by atoms with E-state index in [0.717, 1.165) is 12.2 Å². The van der Waals surface area contributed by atoms with E-state index < -0.39 is 0 Å². The first-order valence-electron chi connectivity index (χ1n) is 5.32. The first kappa shape index (κ1) is 10.6. The van der Waals surface area contributed by atoms with E-state index in [9.17, 15) is 5.11 Å². The lowest BCUT2D eigenvalue weighted by Crippen LogP contribution is -1.98. The van der Waals surface area contributed by atoms with Crippen molar-refractivity contribution >= 4 is 5.69 Å². The van der Waals surface area contributed by atoms with Crippen molar-refractivity contribution < 1.29 is 5.11 Å². The number of hydrogen-bond acceptors (Lipinski definition) is 2. The molecule has 0 radical (unpaired) electrons. The number of aryl methyl sites for hydroxylation is 1. The second-order valence-electron chi connectivity index (χ2n) is 3.89. The van der Waals surface area contributed by atoms with Gasteiger partial charge in [-0.15, -0.1) is 0 Å². The molecule has 2 rings (SSSR count). The molecule has 0 atom stereocenters. The van der Waals surface area contributed by atoms with Crippen LogP contribution in [0.2, 0.25) is 0 Å². The van der Waals surface area contributed by atoms with E-state index in [1.807, 2.05) is 12.1 Å². The second-order valence-corrected chi connectivity index (χ2v) is 3.89. The lowest BCUT2D eigenvalue weighted by Gasteiger charge is -2.07. The second kappa shape index (κ2) is 4.71. The van der Waals surface area contributed by atoms with Crippen LogP contribution in [0.25, 0.3) is 0 Å². The van der Waals surface area contributed by atoms with Gasteiger partial charge in [-0.1, -0.05) is 35.9 Å². The van der Waals surface area contributed by atoms with Crippen molar-refractivity contribution in [3.63, 3.8) is 0 Å². The average molecular weight is 213 g/mol. The van der Waals surface area contributed by atoms with Gasteiger partial charge >= 0.3 is 0 Å². The minimum atomic E-state index is 0.286. The average Bonchev–Trinajstić information content (AvgIpc) is 2.28. The Balaban J connectivity index is 1.99. The number of rotatable bonds is 3. The van der Waals surface area contributed by atoms with Gasteiger partial charge in [0.2, 0.25) is 0 Å². The summed E-state index contributed by atoms with van der Waals surface area (Å²) in [6.45, 7) is 2.84. The van der Waals surface area contributed by atoms with Gasteiger partial charge < -0.3 is 10.4 Å².